The summed E-state index contributed by atoms with van der Waals surface area (Å²) in [5.41, 5.74) is 13.3. The molecule has 0 amide bonds. The minimum Gasteiger partial charge on any atom is -0.324 e. The van der Waals surface area contributed by atoms with E-state index in [0.717, 1.165) is 12.8 Å². The zero-order chi connectivity index (χ0) is 13.4. The molecule has 0 aromatic heterocycles. The van der Waals surface area contributed by atoms with Crippen molar-refractivity contribution in [3.8, 4) is 11.1 Å². The number of hydrogen-bond acceptors (Lipinski definition) is 1. The molecule has 2 atom stereocenters. The van der Waals surface area contributed by atoms with Crippen LogP contribution in [0.2, 0.25) is 0 Å². The summed E-state index contributed by atoms with van der Waals surface area (Å²) in [7, 11) is 0. The van der Waals surface area contributed by atoms with Gasteiger partial charge in [0.15, 0.2) is 0 Å². The second-order valence-electron chi connectivity index (χ2n) is 5.66. The Balaban J connectivity index is 2.02. The fraction of sp³-hybridized carbons (Fsp3) is 0.333. The van der Waals surface area contributed by atoms with Gasteiger partial charge in [-0.15, -0.1) is 0 Å². The summed E-state index contributed by atoms with van der Waals surface area (Å²) in [6, 6.07) is 15.6. The van der Waals surface area contributed by atoms with Crippen molar-refractivity contribution in [3.05, 3.63) is 59.2 Å². The van der Waals surface area contributed by atoms with Gasteiger partial charge in [-0.1, -0.05) is 56.7 Å². The quantitative estimate of drug-likeness (QED) is 0.737. The van der Waals surface area contributed by atoms with Crippen LogP contribution in [0.3, 0.4) is 0 Å². The fourth-order valence-electron chi connectivity index (χ4n) is 2.93. The minimum absolute atomic E-state index is 0.142. The maximum absolute atomic E-state index is 6.36. The van der Waals surface area contributed by atoms with Crippen molar-refractivity contribution in [2.45, 2.75) is 32.7 Å². The Morgan fingerprint density at radius 3 is 2.58 bits per heavy atom. The van der Waals surface area contributed by atoms with Gasteiger partial charge in [-0.2, -0.15) is 0 Å². The molecule has 2 aromatic rings. The van der Waals surface area contributed by atoms with Gasteiger partial charge >= 0.3 is 0 Å². The number of fused-ring (bicyclic) bond motifs is 3. The molecule has 0 aliphatic heterocycles. The second kappa shape index (κ2) is 4.82. The lowest BCUT2D eigenvalue weighted by molar-refractivity contribution is 0.457. The van der Waals surface area contributed by atoms with E-state index >= 15 is 0 Å². The van der Waals surface area contributed by atoms with Gasteiger partial charge in [0.25, 0.3) is 0 Å². The molecule has 2 N–H and O–H groups in total. The largest absolute Gasteiger partial charge is 0.324 e. The van der Waals surface area contributed by atoms with E-state index < -0.39 is 0 Å². The van der Waals surface area contributed by atoms with Crippen LogP contribution in [-0.2, 0) is 6.42 Å². The highest BCUT2D eigenvalue weighted by molar-refractivity contribution is 5.77. The lowest BCUT2D eigenvalue weighted by Crippen LogP contribution is -2.18. The predicted molar refractivity (Wildman–Crippen MR) is 81.1 cm³/mol. The van der Waals surface area contributed by atoms with Gasteiger partial charge in [-0.3, -0.25) is 0 Å². The molecule has 2 unspecified atom stereocenters. The molecule has 3 rings (SSSR count). The van der Waals surface area contributed by atoms with E-state index in [1.807, 2.05) is 0 Å². The van der Waals surface area contributed by atoms with Gasteiger partial charge in [0.2, 0.25) is 0 Å². The Morgan fingerprint density at radius 1 is 1.05 bits per heavy atom. The first-order valence-electron chi connectivity index (χ1n) is 7.17. The lowest BCUT2D eigenvalue weighted by atomic mass is 9.91. The van der Waals surface area contributed by atoms with Crippen molar-refractivity contribution < 1.29 is 0 Å². The van der Waals surface area contributed by atoms with Crippen molar-refractivity contribution in [1.82, 2.24) is 0 Å². The van der Waals surface area contributed by atoms with Crippen molar-refractivity contribution >= 4 is 0 Å². The Bertz CT molecular complexity index is 600. The van der Waals surface area contributed by atoms with Crippen LogP contribution >= 0.6 is 0 Å². The van der Waals surface area contributed by atoms with Crippen molar-refractivity contribution in [1.29, 1.82) is 0 Å². The van der Waals surface area contributed by atoms with E-state index in [0.29, 0.717) is 5.92 Å². The molecule has 0 heterocycles. The van der Waals surface area contributed by atoms with E-state index in [4.69, 9.17) is 5.73 Å². The summed E-state index contributed by atoms with van der Waals surface area (Å²) in [4.78, 5) is 0. The van der Waals surface area contributed by atoms with Crippen molar-refractivity contribution in [2.75, 3.05) is 0 Å². The molecule has 1 nitrogen and oxygen atoms in total. The second-order valence-corrected chi connectivity index (χ2v) is 5.66. The average Bonchev–Trinajstić information content (AvgIpc) is 2.83. The fourth-order valence-corrected chi connectivity index (χ4v) is 2.93. The Hall–Kier alpha value is -1.60. The van der Waals surface area contributed by atoms with Gasteiger partial charge < -0.3 is 5.73 Å². The maximum Gasteiger partial charge on any atom is 0.0320 e. The highest BCUT2D eigenvalue weighted by atomic mass is 14.6. The molecule has 0 bridgehead atoms. The van der Waals surface area contributed by atoms with E-state index in [9.17, 15) is 0 Å². The summed E-state index contributed by atoms with van der Waals surface area (Å²) in [6.07, 6.45) is 2.18. The molecule has 1 aliphatic carbocycles. The summed E-state index contributed by atoms with van der Waals surface area (Å²) in [6.45, 7) is 4.43. The first kappa shape index (κ1) is 12.4. The number of benzene rings is 2. The standard InChI is InChI=1S/C18H21N/c1-3-12(2)18(19)15-9-8-14-10-13-6-4-5-7-16(13)17(14)11-15/h4-9,11-12,18H,3,10,19H2,1-2H3. The smallest absolute Gasteiger partial charge is 0.0320 e. The van der Waals surface area contributed by atoms with Crippen LogP contribution in [0.4, 0.5) is 0 Å². The van der Waals surface area contributed by atoms with Crippen LogP contribution in [0.1, 0.15) is 43.0 Å². The Kier molecular flexibility index (Phi) is 3.16. The Labute approximate surface area is 115 Å². The predicted octanol–water partition coefficient (Wildman–Crippen LogP) is 4.30. The molecule has 0 fully saturated rings. The molecule has 0 saturated heterocycles. The third-order valence-corrected chi connectivity index (χ3v) is 4.46. The molecule has 0 radical (unpaired) electrons. The first-order chi connectivity index (χ1) is 9.20. The summed E-state index contributed by atoms with van der Waals surface area (Å²) in [5.74, 6) is 0.523. The number of rotatable bonds is 3. The Morgan fingerprint density at radius 2 is 1.79 bits per heavy atom. The molecular weight excluding hydrogens is 230 g/mol. The van der Waals surface area contributed by atoms with Crippen LogP contribution in [0.5, 0.6) is 0 Å². The first-order valence-corrected chi connectivity index (χ1v) is 7.17. The van der Waals surface area contributed by atoms with Crippen LogP contribution in [-0.4, -0.2) is 0 Å². The zero-order valence-corrected chi connectivity index (χ0v) is 11.7. The van der Waals surface area contributed by atoms with Gasteiger partial charge in [0.1, 0.15) is 0 Å². The van der Waals surface area contributed by atoms with Crippen LogP contribution in [0.15, 0.2) is 42.5 Å². The minimum atomic E-state index is 0.142. The van der Waals surface area contributed by atoms with E-state index in [1.165, 1.54) is 27.8 Å². The molecule has 19 heavy (non-hydrogen) atoms. The SMILES string of the molecule is CCC(C)C(N)c1ccc2c(c1)-c1ccccc1C2. The molecular formula is C18H21N. The topological polar surface area (TPSA) is 26.0 Å². The summed E-state index contributed by atoms with van der Waals surface area (Å²) >= 11 is 0. The molecule has 98 valence electrons. The van der Waals surface area contributed by atoms with Crippen molar-refractivity contribution in [2.24, 2.45) is 11.7 Å². The molecule has 1 heteroatoms. The molecule has 2 aromatic carbocycles. The summed E-state index contributed by atoms with van der Waals surface area (Å²) in [5, 5.41) is 0. The summed E-state index contributed by atoms with van der Waals surface area (Å²) < 4.78 is 0. The van der Waals surface area contributed by atoms with Crippen molar-refractivity contribution in [3.63, 3.8) is 0 Å². The highest BCUT2D eigenvalue weighted by Crippen LogP contribution is 2.38. The average molecular weight is 251 g/mol. The van der Waals surface area contributed by atoms with Gasteiger partial charge in [0, 0.05) is 6.04 Å². The monoisotopic (exact) mass is 251 g/mol. The van der Waals surface area contributed by atoms with Gasteiger partial charge in [0.05, 0.1) is 0 Å². The normalized spacial score (nSPS) is 15.7. The molecule has 1 aliphatic rings. The molecule has 0 saturated carbocycles. The van der Waals surface area contributed by atoms with E-state index in [-0.39, 0.29) is 6.04 Å². The van der Waals surface area contributed by atoms with Crippen LogP contribution < -0.4 is 5.73 Å². The van der Waals surface area contributed by atoms with Gasteiger partial charge in [-0.25, -0.2) is 0 Å². The van der Waals surface area contributed by atoms with E-state index in [2.05, 4.69) is 56.3 Å². The van der Waals surface area contributed by atoms with Crippen LogP contribution in [0.25, 0.3) is 11.1 Å². The van der Waals surface area contributed by atoms with E-state index in [1.54, 1.807) is 0 Å². The lowest BCUT2D eigenvalue weighted by Gasteiger charge is -2.19. The van der Waals surface area contributed by atoms with Gasteiger partial charge in [-0.05, 0) is 46.2 Å². The maximum atomic E-state index is 6.36. The number of hydrogen-bond donors (Lipinski definition) is 1. The number of nitrogens with two attached hydrogens (primary N) is 1. The van der Waals surface area contributed by atoms with Crippen LogP contribution in [0, 0.1) is 5.92 Å². The highest BCUT2D eigenvalue weighted by Gasteiger charge is 2.20. The molecule has 0 spiro atoms. The third kappa shape index (κ3) is 2.08. The third-order valence-electron chi connectivity index (χ3n) is 4.46. The zero-order valence-electron chi connectivity index (χ0n) is 11.7.